The second-order valence-electron chi connectivity index (χ2n) is 11.2. The zero-order chi connectivity index (χ0) is 25.0. The van der Waals surface area contributed by atoms with Crippen LogP contribution < -0.4 is 5.32 Å². The lowest BCUT2D eigenvalue weighted by Gasteiger charge is -2.57. The summed E-state index contributed by atoms with van der Waals surface area (Å²) < 4.78 is 40.8. The van der Waals surface area contributed by atoms with Crippen LogP contribution in [0, 0.1) is 17.3 Å². The molecule has 1 amide bonds. The maximum Gasteiger partial charge on any atom is 0.416 e. The van der Waals surface area contributed by atoms with Crippen molar-refractivity contribution in [2.45, 2.75) is 71.6 Å². The summed E-state index contributed by atoms with van der Waals surface area (Å²) in [7, 11) is 0. The standard InChI is InChI=1S/C28H32F3N3O/c1-17(2)16-34-23-6-4-5-20(11-19-7-9-21(10-8-19)28(29,30)31)24(23)25(33-34)26(35)32-22-14-27(15-22)12-18(3)13-27/h4-10,17-18,22H,11-16H2,1-3H3,(H,32,35). The lowest BCUT2D eigenvalue weighted by molar-refractivity contribution is -0.137. The van der Waals surface area contributed by atoms with Crippen molar-refractivity contribution in [3.63, 3.8) is 0 Å². The van der Waals surface area contributed by atoms with E-state index in [1.807, 2.05) is 22.9 Å². The second kappa shape index (κ2) is 8.68. The Kier molecular flexibility index (Phi) is 5.93. The number of alkyl halides is 3. The minimum absolute atomic E-state index is 0.162. The Labute approximate surface area is 203 Å². The fourth-order valence-corrected chi connectivity index (χ4v) is 6.22. The summed E-state index contributed by atoms with van der Waals surface area (Å²) in [4.78, 5) is 13.4. The first-order valence-electron chi connectivity index (χ1n) is 12.5. The van der Waals surface area contributed by atoms with Crippen LogP contribution in [0.5, 0.6) is 0 Å². The number of rotatable bonds is 6. The summed E-state index contributed by atoms with van der Waals surface area (Å²) in [5, 5.41) is 8.72. The largest absolute Gasteiger partial charge is 0.416 e. The van der Waals surface area contributed by atoms with E-state index in [0.717, 1.165) is 52.9 Å². The normalized spacial score (nSPS) is 24.0. The van der Waals surface area contributed by atoms with Gasteiger partial charge in [-0.1, -0.05) is 45.0 Å². The van der Waals surface area contributed by atoms with Crippen LogP contribution >= 0.6 is 0 Å². The van der Waals surface area contributed by atoms with E-state index < -0.39 is 11.7 Å². The third-order valence-corrected chi connectivity index (χ3v) is 7.55. The summed E-state index contributed by atoms with van der Waals surface area (Å²) in [5.41, 5.74) is 2.71. The Morgan fingerprint density at radius 3 is 2.40 bits per heavy atom. The molecule has 7 heteroatoms. The summed E-state index contributed by atoms with van der Waals surface area (Å²) in [6.45, 7) is 7.17. The van der Waals surface area contributed by atoms with Gasteiger partial charge in [0.2, 0.25) is 0 Å². The quantitative estimate of drug-likeness (QED) is 0.429. The van der Waals surface area contributed by atoms with E-state index in [9.17, 15) is 18.0 Å². The highest BCUT2D eigenvalue weighted by Crippen LogP contribution is 2.58. The number of amides is 1. The SMILES string of the molecule is CC(C)Cn1nc(C(=O)NC2CC3(CC(C)C3)C2)c2c(Cc3ccc(C(F)(F)F)cc3)cccc21. The van der Waals surface area contributed by atoms with E-state index in [1.54, 1.807) is 0 Å². The zero-order valence-corrected chi connectivity index (χ0v) is 20.5. The van der Waals surface area contributed by atoms with Gasteiger partial charge in [-0.2, -0.15) is 18.3 Å². The molecule has 0 atom stereocenters. The molecule has 1 heterocycles. The second-order valence-corrected chi connectivity index (χ2v) is 11.2. The third-order valence-electron chi connectivity index (χ3n) is 7.55. The molecule has 35 heavy (non-hydrogen) atoms. The Hall–Kier alpha value is -2.83. The van der Waals surface area contributed by atoms with Crippen LogP contribution in [0.25, 0.3) is 10.9 Å². The van der Waals surface area contributed by atoms with Crippen LogP contribution in [0.3, 0.4) is 0 Å². The van der Waals surface area contributed by atoms with E-state index >= 15 is 0 Å². The third kappa shape index (κ3) is 4.69. The molecule has 2 saturated carbocycles. The molecule has 3 aromatic rings. The Morgan fingerprint density at radius 1 is 1.11 bits per heavy atom. The van der Waals surface area contributed by atoms with Gasteiger partial charge in [-0.15, -0.1) is 0 Å². The van der Waals surface area contributed by atoms with Crippen molar-refractivity contribution in [2.75, 3.05) is 0 Å². The molecule has 4 nitrogen and oxygen atoms in total. The molecule has 0 radical (unpaired) electrons. The molecule has 2 aliphatic carbocycles. The molecule has 0 aliphatic heterocycles. The fourth-order valence-electron chi connectivity index (χ4n) is 6.22. The molecule has 0 bridgehead atoms. The molecule has 2 fully saturated rings. The van der Waals surface area contributed by atoms with Crippen molar-refractivity contribution in [1.29, 1.82) is 0 Å². The fraction of sp³-hybridized carbons (Fsp3) is 0.500. The molecule has 0 saturated heterocycles. The van der Waals surface area contributed by atoms with Gasteiger partial charge in [-0.05, 0) is 78.7 Å². The topological polar surface area (TPSA) is 46.9 Å². The molecule has 2 aromatic carbocycles. The molecule has 1 spiro atoms. The minimum Gasteiger partial charge on any atom is -0.348 e. The van der Waals surface area contributed by atoms with Gasteiger partial charge in [-0.25, -0.2) is 0 Å². The Morgan fingerprint density at radius 2 is 1.80 bits per heavy atom. The minimum atomic E-state index is -4.36. The van der Waals surface area contributed by atoms with Crippen LogP contribution in [0.2, 0.25) is 0 Å². The predicted octanol–water partition coefficient (Wildman–Crippen LogP) is 6.61. The highest BCUT2D eigenvalue weighted by Gasteiger charge is 2.51. The summed E-state index contributed by atoms with van der Waals surface area (Å²) in [6.07, 6.45) is 0.635. The van der Waals surface area contributed by atoms with E-state index in [0.29, 0.717) is 30.0 Å². The number of carbonyl (C=O) groups is 1. The predicted molar refractivity (Wildman–Crippen MR) is 130 cm³/mol. The first-order valence-corrected chi connectivity index (χ1v) is 12.5. The van der Waals surface area contributed by atoms with E-state index in [1.165, 1.54) is 25.0 Å². The molecule has 0 unspecified atom stereocenters. The van der Waals surface area contributed by atoms with Crippen LogP contribution in [0.4, 0.5) is 13.2 Å². The van der Waals surface area contributed by atoms with Crippen molar-refractivity contribution in [3.8, 4) is 0 Å². The number of fused-ring (bicyclic) bond motifs is 1. The van der Waals surface area contributed by atoms with E-state index in [2.05, 4.69) is 26.1 Å². The molecule has 1 N–H and O–H groups in total. The number of carbonyl (C=O) groups excluding carboxylic acids is 1. The van der Waals surface area contributed by atoms with E-state index in [-0.39, 0.29) is 11.9 Å². The van der Waals surface area contributed by atoms with Crippen molar-refractivity contribution in [2.24, 2.45) is 17.3 Å². The van der Waals surface area contributed by atoms with E-state index in [4.69, 9.17) is 5.10 Å². The van der Waals surface area contributed by atoms with Crippen molar-refractivity contribution < 1.29 is 18.0 Å². The smallest absolute Gasteiger partial charge is 0.348 e. The maximum absolute atomic E-state index is 13.4. The van der Waals surface area contributed by atoms with Crippen molar-refractivity contribution in [1.82, 2.24) is 15.1 Å². The average Bonchev–Trinajstić information content (AvgIpc) is 3.10. The van der Waals surface area contributed by atoms with Gasteiger partial charge in [0.25, 0.3) is 5.91 Å². The van der Waals surface area contributed by atoms with Gasteiger partial charge in [0, 0.05) is 18.0 Å². The van der Waals surface area contributed by atoms with Gasteiger partial charge in [0.1, 0.15) is 0 Å². The van der Waals surface area contributed by atoms with Crippen LogP contribution in [0.1, 0.15) is 73.6 Å². The van der Waals surface area contributed by atoms with Gasteiger partial charge < -0.3 is 5.32 Å². The molecule has 2 aliphatic rings. The highest BCUT2D eigenvalue weighted by molar-refractivity contribution is 6.06. The number of hydrogen-bond donors (Lipinski definition) is 1. The molecular weight excluding hydrogens is 451 g/mol. The first kappa shape index (κ1) is 23.9. The number of halogens is 3. The van der Waals surface area contributed by atoms with Gasteiger partial charge >= 0.3 is 6.18 Å². The van der Waals surface area contributed by atoms with Crippen molar-refractivity contribution >= 4 is 16.8 Å². The molecular formula is C28H32F3N3O. The summed E-state index contributed by atoms with van der Waals surface area (Å²) in [5.74, 6) is 0.972. The summed E-state index contributed by atoms with van der Waals surface area (Å²) >= 11 is 0. The Bertz CT molecular complexity index is 1230. The van der Waals surface area contributed by atoms with Gasteiger partial charge in [0.15, 0.2) is 5.69 Å². The number of hydrogen-bond acceptors (Lipinski definition) is 2. The Balaban J connectivity index is 1.43. The maximum atomic E-state index is 13.4. The van der Waals surface area contributed by atoms with Crippen LogP contribution in [-0.2, 0) is 19.1 Å². The highest BCUT2D eigenvalue weighted by atomic mass is 19.4. The number of nitrogens with one attached hydrogen (secondary N) is 1. The van der Waals surface area contributed by atoms with Gasteiger partial charge in [0.05, 0.1) is 11.1 Å². The number of benzene rings is 2. The molecule has 5 rings (SSSR count). The average molecular weight is 484 g/mol. The zero-order valence-electron chi connectivity index (χ0n) is 20.5. The number of aromatic nitrogens is 2. The lowest BCUT2D eigenvalue weighted by atomic mass is 9.50. The lowest BCUT2D eigenvalue weighted by Crippen LogP contribution is -2.55. The van der Waals surface area contributed by atoms with Crippen LogP contribution in [0.15, 0.2) is 42.5 Å². The first-order chi connectivity index (χ1) is 16.5. The summed E-state index contributed by atoms with van der Waals surface area (Å²) in [6, 6.07) is 11.2. The number of nitrogens with zero attached hydrogens (tertiary/aromatic N) is 2. The van der Waals surface area contributed by atoms with Crippen LogP contribution in [-0.4, -0.2) is 21.7 Å². The molecule has 186 valence electrons. The molecule has 1 aromatic heterocycles. The van der Waals surface area contributed by atoms with Crippen molar-refractivity contribution in [3.05, 3.63) is 64.8 Å². The van der Waals surface area contributed by atoms with Gasteiger partial charge in [-0.3, -0.25) is 9.48 Å². The monoisotopic (exact) mass is 483 g/mol.